The predicted molar refractivity (Wildman–Crippen MR) is 49.7 cm³/mol. The summed E-state index contributed by atoms with van der Waals surface area (Å²) < 4.78 is 5.05. The van der Waals surface area contributed by atoms with E-state index in [1.54, 1.807) is 7.11 Å². The van der Waals surface area contributed by atoms with Gasteiger partial charge in [-0.25, -0.2) is 0 Å². The zero-order valence-corrected chi connectivity index (χ0v) is 8.18. The topological polar surface area (TPSA) is 9.23 Å². The van der Waals surface area contributed by atoms with E-state index in [0.717, 1.165) is 6.61 Å². The first-order chi connectivity index (χ1) is 5.20. The summed E-state index contributed by atoms with van der Waals surface area (Å²) in [6.45, 7) is 7.39. The molecule has 1 atom stereocenters. The first kappa shape index (κ1) is 10.7. The van der Waals surface area contributed by atoms with Crippen LogP contribution >= 0.6 is 0 Å². The smallest absolute Gasteiger partial charge is 0.0487 e. The third kappa shape index (κ3) is 6.11. The second-order valence-corrected chi connectivity index (χ2v) is 3.23. The van der Waals surface area contributed by atoms with Gasteiger partial charge in [-0.2, -0.15) is 0 Å². The molecule has 0 bridgehead atoms. The lowest BCUT2D eigenvalue weighted by atomic mass is 10.0. The Kier molecular flexibility index (Phi) is 6.24. The lowest BCUT2D eigenvalue weighted by Gasteiger charge is -2.09. The third-order valence-electron chi connectivity index (χ3n) is 1.98. The molecule has 0 aliphatic rings. The van der Waals surface area contributed by atoms with E-state index in [9.17, 15) is 0 Å². The van der Waals surface area contributed by atoms with Gasteiger partial charge >= 0.3 is 0 Å². The summed E-state index contributed by atoms with van der Waals surface area (Å²) in [6.07, 6.45) is 4.63. The fourth-order valence-corrected chi connectivity index (χ4v) is 0.986. The van der Waals surface area contributed by atoms with Crippen LogP contribution in [0.3, 0.4) is 0 Å². The molecule has 0 aromatic carbocycles. The van der Waals surface area contributed by atoms with Crippen molar-refractivity contribution in [2.45, 2.75) is 33.6 Å². The molecule has 0 amide bonds. The number of rotatable bonds is 5. The summed E-state index contributed by atoms with van der Waals surface area (Å²) in [5, 5.41) is 0. The van der Waals surface area contributed by atoms with Crippen LogP contribution < -0.4 is 0 Å². The number of hydrogen-bond donors (Lipinski definition) is 0. The molecule has 0 radical (unpaired) electrons. The Morgan fingerprint density at radius 1 is 1.55 bits per heavy atom. The Hall–Kier alpha value is -0.300. The van der Waals surface area contributed by atoms with E-state index in [-0.39, 0.29) is 0 Å². The van der Waals surface area contributed by atoms with Gasteiger partial charge in [0.25, 0.3) is 0 Å². The molecule has 0 spiro atoms. The number of allylic oxidation sites excluding steroid dienone is 2. The van der Waals surface area contributed by atoms with Gasteiger partial charge in [-0.3, -0.25) is 0 Å². The fourth-order valence-electron chi connectivity index (χ4n) is 0.986. The number of ether oxygens (including phenoxy) is 1. The van der Waals surface area contributed by atoms with Crippen molar-refractivity contribution in [2.75, 3.05) is 13.7 Å². The molecule has 1 unspecified atom stereocenters. The molecule has 0 saturated carbocycles. The molecule has 1 heteroatoms. The van der Waals surface area contributed by atoms with Crippen molar-refractivity contribution >= 4 is 0 Å². The van der Waals surface area contributed by atoms with Crippen LogP contribution in [0.15, 0.2) is 11.6 Å². The minimum atomic E-state index is 0.690. The van der Waals surface area contributed by atoms with Gasteiger partial charge in [0.05, 0.1) is 0 Å². The van der Waals surface area contributed by atoms with E-state index in [1.165, 1.54) is 18.4 Å². The van der Waals surface area contributed by atoms with Gasteiger partial charge in [-0.05, 0) is 32.6 Å². The van der Waals surface area contributed by atoms with Gasteiger partial charge < -0.3 is 4.74 Å². The van der Waals surface area contributed by atoms with Gasteiger partial charge in [-0.1, -0.05) is 18.6 Å². The Morgan fingerprint density at radius 3 is 2.64 bits per heavy atom. The lowest BCUT2D eigenvalue weighted by Crippen LogP contribution is -2.03. The molecule has 66 valence electrons. The monoisotopic (exact) mass is 156 g/mol. The van der Waals surface area contributed by atoms with Gasteiger partial charge in [0, 0.05) is 13.7 Å². The molecule has 1 nitrogen and oxygen atoms in total. The van der Waals surface area contributed by atoms with Crippen LogP contribution in [0.25, 0.3) is 0 Å². The van der Waals surface area contributed by atoms with Crippen LogP contribution in [0.1, 0.15) is 33.6 Å². The second-order valence-electron chi connectivity index (χ2n) is 3.23. The minimum absolute atomic E-state index is 0.690. The molecular weight excluding hydrogens is 136 g/mol. The highest BCUT2D eigenvalue weighted by Gasteiger charge is 2.00. The molecule has 0 fully saturated rings. The Balaban J connectivity index is 3.37. The van der Waals surface area contributed by atoms with Gasteiger partial charge in [0.15, 0.2) is 0 Å². The molecule has 0 saturated heterocycles. The van der Waals surface area contributed by atoms with Crippen molar-refractivity contribution in [1.29, 1.82) is 0 Å². The molecular formula is C10H20O. The standard InChI is InChI=1S/C10H20O/c1-5-9(2)6-7-10(3)8-11-4/h5,10H,6-8H2,1-4H3. The molecule has 0 aromatic heterocycles. The van der Waals surface area contributed by atoms with Crippen molar-refractivity contribution in [2.24, 2.45) is 5.92 Å². The van der Waals surface area contributed by atoms with E-state index >= 15 is 0 Å². The van der Waals surface area contributed by atoms with Crippen molar-refractivity contribution in [3.63, 3.8) is 0 Å². The largest absolute Gasteiger partial charge is 0.384 e. The maximum absolute atomic E-state index is 5.05. The van der Waals surface area contributed by atoms with Gasteiger partial charge in [0.1, 0.15) is 0 Å². The Bertz CT molecular complexity index is 116. The van der Waals surface area contributed by atoms with Crippen LogP contribution in [-0.2, 0) is 4.74 Å². The minimum Gasteiger partial charge on any atom is -0.384 e. The summed E-state index contributed by atoms with van der Waals surface area (Å²) in [5.74, 6) is 0.690. The second kappa shape index (κ2) is 6.41. The Morgan fingerprint density at radius 2 is 2.18 bits per heavy atom. The highest BCUT2D eigenvalue weighted by atomic mass is 16.5. The lowest BCUT2D eigenvalue weighted by molar-refractivity contribution is 0.156. The van der Waals surface area contributed by atoms with Gasteiger partial charge in [0.2, 0.25) is 0 Å². The molecule has 0 N–H and O–H groups in total. The fraction of sp³-hybridized carbons (Fsp3) is 0.800. The molecule has 0 rings (SSSR count). The van der Waals surface area contributed by atoms with Crippen molar-refractivity contribution in [3.05, 3.63) is 11.6 Å². The van der Waals surface area contributed by atoms with E-state index in [2.05, 4.69) is 26.8 Å². The van der Waals surface area contributed by atoms with E-state index in [4.69, 9.17) is 4.74 Å². The van der Waals surface area contributed by atoms with Crippen LogP contribution in [0.2, 0.25) is 0 Å². The van der Waals surface area contributed by atoms with Crippen LogP contribution in [0, 0.1) is 5.92 Å². The van der Waals surface area contributed by atoms with Crippen LogP contribution in [0.5, 0.6) is 0 Å². The van der Waals surface area contributed by atoms with Crippen LogP contribution in [0.4, 0.5) is 0 Å². The number of hydrogen-bond acceptors (Lipinski definition) is 1. The SMILES string of the molecule is CC=C(C)CCC(C)COC. The first-order valence-electron chi connectivity index (χ1n) is 4.31. The normalized spacial score (nSPS) is 15.1. The summed E-state index contributed by atoms with van der Waals surface area (Å²) in [6, 6.07) is 0. The predicted octanol–water partition coefficient (Wildman–Crippen LogP) is 3.02. The highest BCUT2D eigenvalue weighted by Crippen LogP contribution is 2.11. The molecule has 0 aliphatic heterocycles. The molecule has 0 aliphatic carbocycles. The molecule has 11 heavy (non-hydrogen) atoms. The van der Waals surface area contributed by atoms with E-state index < -0.39 is 0 Å². The summed E-state index contributed by atoms with van der Waals surface area (Å²) in [7, 11) is 1.76. The summed E-state index contributed by atoms with van der Waals surface area (Å²) in [5.41, 5.74) is 1.48. The average molecular weight is 156 g/mol. The maximum Gasteiger partial charge on any atom is 0.0487 e. The first-order valence-corrected chi connectivity index (χ1v) is 4.31. The average Bonchev–Trinajstić information content (AvgIpc) is 2.01. The van der Waals surface area contributed by atoms with Crippen LogP contribution in [-0.4, -0.2) is 13.7 Å². The third-order valence-corrected chi connectivity index (χ3v) is 1.98. The number of methoxy groups -OCH3 is 1. The zero-order valence-electron chi connectivity index (χ0n) is 8.18. The van der Waals surface area contributed by atoms with Gasteiger partial charge in [-0.15, -0.1) is 0 Å². The van der Waals surface area contributed by atoms with Crippen molar-refractivity contribution in [3.8, 4) is 0 Å². The quantitative estimate of drug-likeness (QED) is 0.556. The molecule has 0 aromatic rings. The summed E-state index contributed by atoms with van der Waals surface area (Å²) in [4.78, 5) is 0. The van der Waals surface area contributed by atoms with E-state index in [1.807, 2.05) is 0 Å². The maximum atomic E-state index is 5.05. The zero-order chi connectivity index (χ0) is 8.69. The molecule has 0 heterocycles. The highest BCUT2D eigenvalue weighted by molar-refractivity contribution is 4.95. The van der Waals surface area contributed by atoms with Crippen molar-refractivity contribution in [1.82, 2.24) is 0 Å². The summed E-state index contributed by atoms with van der Waals surface area (Å²) >= 11 is 0. The van der Waals surface area contributed by atoms with Crippen molar-refractivity contribution < 1.29 is 4.74 Å². The Labute approximate surface area is 70.4 Å². The van der Waals surface area contributed by atoms with E-state index in [0.29, 0.717) is 5.92 Å².